The van der Waals surface area contributed by atoms with Gasteiger partial charge < -0.3 is 16.2 Å². The van der Waals surface area contributed by atoms with Crippen LogP contribution in [0.25, 0.3) is 0 Å². The first-order valence-corrected chi connectivity index (χ1v) is 5.52. The van der Waals surface area contributed by atoms with Crippen LogP contribution in [0.15, 0.2) is 0 Å². The van der Waals surface area contributed by atoms with Crippen molar-refractivity contribution < 1.29 is 14.3 Å². The summed E-state index contributed by atoms with van der Waals surface area (Å²) in [7, 11) is 0. The van der Waals surface area contributed by atoms with E-state index in [1.54, 1.807) is 13.8 Å². The molecule has 0 aliphatic heterocycles. The molecular formula is C11H22N2O3. The van der Waals surface area contributed by atoms with Crippen LogP contribution in [0.1, 0.15) is 34.1 Å². The Kier molecular flexibility index (Phi) is 6.21. The molecule has 5 nitrogen and oxygen atoms in total. The molecule has 0 bridgehead atoms. The van der Waals surface area contributed by atoms with E-state index >= 15 is 0 Å². The van der Waals surface area contributed by atoms with Crippen LogP contribution < -0.4 is 11.5 Å². The lowest BCUT2D eigenvalue weighted by molar-refractivity contribution is -0.162. The highest BCUT2D eigenvalue weighted by molar-refractivity contribution is 5.90. The Morgan fingerprint density at radius 3 is 1.94 bits per heavy atom. The van der Waals surface area contributed by atoms with E-state index in [1.165, 1.54) is 0 Å². The predicted molar refractivity (Wildman–Crippen MR) is 61.3 cm³/mol. The van der Waals surface area contributed by atoms with Gasteiger partial charge in [0.05, 0.1) is 0 Å². The summed E-state index contributed by atoms with van der Waals surface area (Å²) in [5.41, 5.74) is 11.1. The third-order valence-electron chi connectivity index (χ3n) is 2.22. The maximum absolute atomic E-state index is 11.4. The lowest BCUT2D eigenvalue weighted by Crippen LogP contribution is -2.42. The van der Waals surface area contributed by atoms with Gasteiger partial charge in [0.25, 0.3) is 0 Å². The van der Waals surface area contributed by atoms with E-state index in [0.717, 1.165) is 0 Å². The van der Waals surface area contributed by atoms with Crippen LogP contribution in [0.4, 0.5) is 0 Å². The fourth-order valence-corrected chi connectivity index (χ4v) is 1.12. The second kappa shape index (κ2) is 6.60. The topological polar surface area (TPSA) is 95.4 Å². The van der Waals surface area contributed by atoms with Crippen LogP contribution in [0.2, 0.25) is 0 Å². The van der Waals surface area contributed by atoms with Crippen molar-refractivity contribution in [3.63, 3.8) is 0 Å². The normalized spacial score (nSPS) is 15.0. The average molecular weight is 230 g/mol. The molecule has 0 aliphatic rings. The highest BCUT2D eigenvalue weighted by atomic mass is 16.6. The molecule has 0 rings (SSSR count). The third-order valence-corrected chi connectivity index (χ3v) is 2.22. The molecule has 0 amide bonds. The molecule has 0 heterocycles. The second-order valence-electron chi connectivity index (χ2n) is 4.75. The molecule has 0 aliphatic carbocycles. The highest BCUT2D eigenvalue weighted by Crippen LogP contribution is 2.06. The van der Waals surface area contributed by atoms with Crippen molar-refractivity contribution in [2.45, 2.75) is 46.2 Å². The first-order valence-electron chi connectivity index (χ1n) is 5.52. The Balaban J connectivity index is 4.19. The average Bonchev–Trinajstić information content (AvgIpc) is 2.14. The lowest BCUT2D eigenvalue weighted by Gasteiger charge is -2.16. The Morgan fingerprint density at radius 2 is 1.56 bits per heavy atom. The van der Waals surface area contributed by atoms with Gasteiger partial charge in [-0.2, -0.15) is 0 Å². The van der Waals surface area contributed by atoms with Gasteiger partial charge in [0.15, 0.2) is 0 Å². The zero-order valence-electron chi connectivity index (χ0n) is 10.4. The number of carbonyl (C=O) groups is 2. The van der Waals surface area contributed by atoms with Crippen molar-refractivity contribution in [1.29, 1.82) is 0 Å². The van der Waals surface area contributed by atoms with Crippen LogP contribution >= 0.6 is 0 Å². The molecular weight excluding hydrogens is 208 g/mol. The van der Waals surface area contributed by atoms with Crippen molar-refractivity contribution in [3.05, 3.63) is 0 Å². The first-order chi connectivity index (χ1) is 7.25. The lowest BCUT2D eigenvalue weighted by atomic mass is 10.0. The van der Waals surface area contributed by atoms with Gasteiger partial charge in [-0.05, 0) is 18.3 Å². The van der Waals surface area contributed by atoms with Crippen LogP contribution in [-0.2, 0) is 14.3 Å². The molecule has 0 aromatic carbocycles. The molecule has 0 unspecified atom stereocenters. The van der Waals surface area contributed by atoms with E-state index in [1.807, 2.05) is 13.8 Å². The first kappa shape index (κ1) is 15.1. The molecule has 0 aromatic rings. The highest BCUT2D eigenvalue weighted by Gasteiger charge is 2.25. The molecule has 94 valence electrons. The van der Waals surface area contributed by atoms with Crippen LogP contribution in [0.5, 0.6) is 0 Å². The van der Waals surface area contributed by atoms with E-state index in [4.69, 9.17) is 11.5 Å². The Labute approximate surface area is 96.5 Å². The summed E-state index contributed by atoms with van der Waals surface area (Å²) in [6.07, 6.45) is 0.489. The number of nitrogens with two attached hydrogens (primary N) is 2. The molecule has 0 spiro atoms. The minimum absolute atomic E-state index is 0.0679. The fourth-order valence-electron chi connectivity index (χ4n) is 1.12. The molecule has 0 saturated heterocycles. The van der Waals surface area contributed by atoms with Gasteiger partial charge in [-0.1, -0.05) is 27.7 Å². The number of esters is 2. The van der Waals surface area contributed by atoms with E-state index < -0.39 is 24.0 Å². The Morgan fingerprint density at radius 1 is 1.06 bits per heavy atom. The molecule has 0 saturated carbocycles. The zero-order valence-corrected chi connectivity index (χ0v) is 10.4. The monoisotopic (exact) mass is 230 g/mol. The largest absolute Gasteiger partial charge is 0.391 e. The van der Waals surface area contributed by atoms with Crippen LogP contribution in [0.3, 0.4) is 0 Å². The van der Waals surface area contributed by atoms with Gasteiger partial charge in [-0.15, -0.1) is 0 Å². The molecule has 16 heavy (non-hydrogen) atoms. The van der Waals surface area contributed by atoms with Crippen molar-refractivity contribution >= 4 is 11.9 Å². The van der Waals surface area contributed by atoms with Gasteiger partial charge in [0.1, 0.15) is 12.1 Å². The molecule has 5 heteroatoms. The summed E-state index contributed by atoms with van der Waals surface area (Å²) >= 11 is 0. The maximum atomic E-state index is 11.4. The standard InChI is InChI=1S/C11H22N2O3/c1-6(2)5-8(12)10(14)16-11(15)9(13)7(3)4/h6-9H,5,12-13H2,1-4H3/t8-,9-/m0/s1. The van der Waals surface area contributed by atoms with Crippen LogP contribution in [0, 0.1) is 11.8 Å². The summed E-state index contributed by atoms with van der Waals surface area (Å²) in [4.78, 5) is 22.8. The van der Waals surface area contributed by atoms with Gasteiger partial charge >= 0.3 is 11.9 Å². The molecule has 0 fully saturated rings. The maximum Gasteiger partial charge on any atom is 0.330 e. The van der Waals surface area contributed by atoms with Gasteiger partial charge in [0, 0.05) is 0 Å². The van der Waals surface area contributed by atoms with E-state index in [0.29, 0.717) is 6.42 Å². The Bertz CT molecular complexity index is 252. The summed E-state index contributed by atoms with van der Waals surface area (Å²) in [6, 6.07) is -1.54. The van der Waals surface area contributed by atoms with Crippen molar-refractivity contribution in [2.75, 3.05) is 0 Å². The molecule has 0 aromatic heterocycles. The minimum atomic E-state index is -0.782. The van der Waals surface area contributed by atoms with Gasteiger partial charge in [0.2, 0.25) is 0 Å². The number of ether oxygens (including phenoxy) is 1. The quantitative estimate of drug-likeness (QED) is 0.527. The molecule has 4 N–H and O–H groups in total. The number of hydrogen-bond acceptors (Lipinski definition) is 5. The number of hydrogen-bond donors (Lipinski definition) is 2. The summed E-state index contributed by atoms with van der Waals surface area (Å²) in [5.74, 6) is -1.20. The van der Waals surface area contributed by atoms with Crippen molar-refractivity contribution in [1.82, 2.24) is 0 Å². The van der Waals surface area contributed by atoms with Crippen molar-refractivity contribution in [2.24, 2.45) is 23.3 Å². The van der Waals surface area contributed by atoms with Crippen LogP contribution in [-0.4, -0.2) is 24.0 Å². The number of rotatable bonds is 5. The minimum Gasteiger partial charge on any atom is -0.391 e. The SMILES string of the molecule is CC(C)C[C@H](N)C(=O)OC(=O)[C@@H](N)C(C)C. The summed E-state index contributed by atoms with van der Waals surface area (Å²) in [5, 5.41) is 0. The van der Waals surface area contributed by atoms with E-state index in [9.17, 15) is 9.59 Å². The zero-order chi connectivity index (χ0) is 12.9. The van der Waals surface area contributed by atoms with Crippen molar-refractivity contribution in [3.8, 4) is 0 Å². The smallest absolute Gasteiger partial charge is 0.330 e. The van der Waals surface area contributed by atoms with Gasteiger partial charge in [-0.3, -0.25) is 0 Å². The molecule has 0 radical (unpaired) electrons. The van der Waals surface area contributed by atoms with E-state index in [2.05, 4.69) is 4.74 Å². The summed E-state index contributed by atoms with van der Waals surface area (Å²) < 4.78 is 4.61. The van der Waals surface area contributed by atoms with Gasteiger partial charge in [-0.25, -0.2) is 9.59 Å². The third kappa shape index (κ3) is 5.23. The fraction of sp³-hybridized carbons (Fsp3) is 0.818. The van der Waals surface area contributed by atoms with E-state index in [-0.39, 0.29) is 11.8 Å². The molecule has 2 atom stereocenters. The Hall–Kier alpha value is -0.940. The predicted octanol–water partition coefficient (Wildman–Crippen LogP) is 0.413. The second-order valence-corrected chi connectivity index (χ2v) is 4.75. The summed E-state index contributed by atoms with van der Waals surface area (Å²) in [6.45, 7) is 7.44. The number of carbonyl (C=O) groups excluding carboxylic acids is 2.